The smallest absolute Gasteiger partial charge is 0.141 e. The molecule has 0 aromatic heterocycles. The lowest BCUT2D eigenvalue weighted by Gasteiger charge is -2.20. The number of aldehydes is 1. The van der Waals surface area contributed by atoms with Gasteiger partial charge in [-0.1, -0.05) is 48.0 Å². The minimum absolute atomic E-state index is 0.160. The van der Waals surface area contributed by atoms with Crippen molar-refractivity contribution in [2.45, 2.75) is 19.1 Å². The van der Waals surface area contributed by atoms with E-state index in [9.17, 15) is 4.79 Å². The molecule has 3 heteroatoms. The molecule has 0 spiro atoms. The molecule has 19 heavy (non-hydrogen) atoms. The topological polar surface area (TPSA) is 20.3 Å². The highest BCUT2D eigenvalue weighted by Crippen LogP contribution is 2.34. The molecule has 0 saturated heterocycles. The standard InChI is InChI=1S/C16H14ClNO/c17-14-6-7-15-13(8-14)10-18(16(15)11-19)9-12-4-2-1-3-5-12/h1-8,11,16H,9-10H2. The molecule has 0 N–H and O–H groups in total. The van der Waals surface area contributed by atoms with Crippen molar-refractivity contribution in [2.75, 3.05) is 0 Å². The van der Waals surface area contributed by atoms with Gasteiger partial charge in [-0.15, -0.1) is 0 Å². The van der Waals surface area contributed by atoms with Gasteiger partial charge in [0, 0.05) is 18.1 Å². The maximum atomic E-state index is 11.4. The van der Waals surface area contributed by atoms with Gasteiger partial charge in [0.05, 0.1) is 6.04 Å². The summed E-state index contributed by atoms with van der Waals surface area (Å²) in [5, 5.41) is 0.727. The first-order valence-corrected chi connectivity index (χ1v) is 6.67. The molecule has 0 amide bonds. The highest BCUT2D eigenvalue weighted by Gasteiger charge is 2.29. The molecule has 0 bridgehead atoms. The Bertz CT molecular complexity index is 597. The van der Waals surface area contributed by atoms with Crippen LogP contribution >= 0.6 is 11.6 Å². The van der Waals surface area contributed by atoms with Crippen LogP contribution < -0.4 is 0 Å². The van der Waals surface area contributed by atoms with Gasteiger partial charge in [0.1, 0.15) is 6.29 Å². The first-order chi connectivity index (χ1) is 9.28. The highest BCUT2D eigenvalue weighted by molar-refractivity contribution is 6.30. The molecule has 2 nitrogen and oxygen atoms in total. The van der Waals surface area contributed by atoms with Gasteiger partial charge in [-0.05, 0) is 28.8 Å². The number of hydrogen-bond donors (Lipinski definition) is 0. The van der Waals surface area contributed by atoms with Crippen molar-refractivity contribution in [1.82, 2.24) is 4.90 Å². The van der Waals surface area contributed by atoms with E-state index < -0.39 is 0 Å². The summed E-state index contributed by atoms with van der Waals surface area (Å²) >= 11 is 6.02. The monoisotopic (exact) mass is 271 g/mol. The van der Waals surface area contributed by atoms with E-state index in [1.807, 2.05) is 36.4 Å². The summed E-state index contributed by atoms with van der Waals surface area (Å²) in [5.41, 5.74) is 3.45. The Kier molecular flexibility index (Phi) is 3.36. The Balaban J connectivity index is 1.87. The second-order valence-electron chi connectivity index (χ2n) is 4.81. The van der Waals surface area contributed by atoms with E-state index in [1.54, 1.807) is 0 Å². The molecule has 1 atom stereocenters. The Morgan fingerprint density at radius 2 is 2.00 bits per heavy atom. The van der Waals surface area contributed by atoms with Crippen LogP contribution in [0.4, 0.5) is 0 Å². The van der Waals surface area contributed by atoms with Gasteiger partial charge in [-0.25, -0.2) is 0 Å². The molecule has 1 unspecified atom stereocenters. The van der Waals surface area contributed by atoms with Gasteiger partial charge < -0.3 is 4.79 Å². The zero-order valence-corrected chi connectivity index (χ0v) is 11.2. The van der Waals surface area contributed by atoms with E-state index >= 15 is 0 Å². The third kappa shape index (κ3) is 2.42. The summed E-state index contributed by atoms with van der Waals surface area (Å²) in [7, 11) is 0. The van der Waals surface area contributed by atoms with Crippen molar-refractivity contribution >= 4 is 17.9 Å². The Morgan fingerprint density at radius 3 is 2.74 bits per heavy atom. The number of halogens is 1. The Morgan fingerprint density at radius 1 is 1.21 bits per heavy atom. The average molecular weight is 272 g/mol. The van der Waals surface area contributed by atoms with Crippen molar-refractivity contribution in [3.8, 4) is 0 Å². The summed E-state index contributed by atoms with van der Waals surface area (Å²) in [5.74, 6) is 0. The van der Waals surface area contributed by atoms with Crippen LogP contribution in [-0.4, -0.2) is 11.2 Å². The van der Waals surface area contributed by atoms with E-state index in [2.05, 4.69) is 17.0 Å². The molecule has 0 saturated carbocycles. The molecule has 1 heterocycles. The Hall–Kier alpha value is -1.64. The molecule has 0 aliphatic carbocycles. The average Bonchev–Trinajstić information content (AvgIpc) is 2.76. The third-order valence-electron chi connectivity index (χ3n) is 3.55. The minimum atomic E-state index is -0.160. The summed E-state index contributed by atoms with van der Waals surface area (Å²) in [4.78, 5) is 13.6. The predicted octanol–water partition coefficient (Wildman–Crippen LogP) is 3.60. The zero-order chi connectivity index (χ0) is 13.2. The Labute approximate surface area is 117 Å². The minimum Gasteiger partial charge on any atom is -0.301 e. The van der Waals surface area contributed by atoms with Crippen molar-refractivity contribution in [2.24, 2.45) is 0 Å². The number of carbonyl (C=O) groups excluding carboxylic acids is 1. The molecule has 96 valence electrons. The van der Waals surface area contributed by atoms with Crippen molar-refractivity contribution in [3.63, 3.8) is 0 Å². The summed E-state index contributed by atoms with van der Waals surface area (Å²) < 4.78 is 0. The lowest BCUT2D eigenvalue weighted by molar-refractivity contribution is -0.112. The van der Waals surface area contributed by atoms with Crippen LogP contribution in [-0.2, 0) is 17.9 Å². The van der Waals surface area contributed by atoms with Gasteiger partial charge in [0.2, 0.25) is 0 Å². The van der Waals surface area contributed by atoms with Crippen LogP contribution in [0.5, 0.6) is 0 Å². The lowest BCUT2D eigenvalue weighted by Crippen LogP contribution is -2.22. The molecule has 0 fully saturated rings. The molecule has 0 radical (unpaired) electrons. The largest absolute Gasteiger partial charge is 0.301 e. The lowest BCUT2D eigenvalue weighted by atomic mass is 10.1. The second-order valence-corrected chi connectivity index (χ2v) is 5.25. The van der Waals surface area contributed by atoms with Crippen LogP contribution in [0.2, 0.25) is 5.02 Å². The van der Waals surface area contributed by atoms with E-state index in [1.165, 1.54) is 5.56 Å². The second kappa shape index (κ2) is 5.16. The SMILES string of the molecule is O=CC1c2ccc(Cl)cc2CN1Cc1ccccc1. The number of fused-ring (bicyclic) bond motifs is 1. The first kappa shape index (κ1) is 12.4. The number of hydrogen-bond acceptors (Lipinski definition) is 2. The van der Waals surface area contributed by atoms with Gasteiger partial charge in [0.15, 0.2) is 0 Å². The van der Waals surface area contributed by atoms with E-state index in [0.717, 1.165) is 35.5 Å². The molecule has 2 aromatic rings. The van der Waals surface area contributed by atoms with Gasteiger partial charge in [0.25, 0.3) is 0 Å². The van der Waals surface area contributed by atoms with E-state index in [0.29, 0.717) is 0 Å². The molecular weight excluding hydrogens is 258 g/mol. The van der Waals surface area contributed by atoms with Crippen LogP contribution in [0, 0.1) is 0 Å². The fourth-order valence-electron chi connectivity index (χ4n) is 2.65. The van der Waals surface area contributed by atoms with Crippen molar-refractivity contribution < 1.29 is 4.79 Å². The summed E-state index contributed by atoms with van der Waals surface area (Å²) in [6.07, 6.45) is 1.02. The highest BCUT2D eigenvalue weighted by atomic mass is 35.5. The molecule has 3 rings (SSSR count). The number of nitrogens with zero attached hydrogens (tertiary/aromatic N) is 1. The van der Waals surface area contributed by atoms with Crippen LogP contribution in [0.15, 0.2) is 48.5 Å². The van der Waals surface area contributed by atoms with Gasteiger partial charge in [-0.2, -0.15) is 0 Å². The zero-order valence-electron chi connectivity index (χ0n) is 10.4. The fourth-order valence-corrected chi connectivity index (χ4v) is 2.84. The van der Waals surface area contributed by atoms with Crippen molar-refractivity contribution in [3.05, 3.63) is 70.2 Å². The molecule has 1 aliphatic heterocycles. The molecule has 1 aliphatic rings. The number of rotatable bonds is 3. The normalized spacial score (nSPS) is 18.3. The number of carbonyl (C=O) groups is 1. The van der Waals surface area contributed by atoms with E-state index in [4.69, 9.17) is 11.6 Å². The summed E-state index contributed by atoms with van der Waals surface area (Å²) in [6, 6.07) is 15.8. The first-order valence-electron chi connectivity index (χ1n) is 6.29. The maximum Gasteiger partial charge on any atom is 0.141 e. The van der Waals surface area contributed by atoms with Gasteiger partial charge >= 0.3 is 0 Å². The predicted molar refractivity (Wildman–Crippen MR) is 75.9 cm³/mol. The van der Waals surface area contributed by atoms with Crippen molar-refractivity contribution in [1.29, 1.82) is 0 Å². The van der Waals surface area contributed by atoms with Crippen LogP contribution in [0.1, 0.15) is 22.7 Å². The van der Waals surface area contributed by atoms with E-state index in [-0.39, 0.29) is 6.04 Å². The molecular formula is C16H14ClNO. The maximum absolute atomic E-state index is 11.4. The van der Waals surface area contributed by atoms with Crippen LogP contribution in [0.25, 0.3) is 0 Å². The summed E-state index contributed by atoms with van der Waals surface area (Å²) in [6.45, 7) is 1.55. The fraction of sp³-hybridized carbons (Fsp3) is 0.188. The quantitative estimate of drug-likeness (QED) is 0.795. The molecule has 2 aromatic carbocycles. The van der Waals surface area contributed by atoms with Crippen LogP contribution in [0.3, 0.4) is 0 Å². The van der Waals surface area contributed by atoms with Gasteiger partial charge in [-0.3, -0.25) is 4.90 Å². The third-order valence-corrected chi connectivity index (χ3v) is 3.78. The number of benzene rings is 2.